The van der Waals surface area contributed by atoms with Gasteiger partial charge in [0.05, 0.1) is 18.4 Å². The van der Waals surface area contributed by atoms with Gasteiger partial charge in [-0.2, -0.15) is 0 Å². The van der Waals surface area contributed by atoms with Crippen LogP contribution in [-0.4, -0.2) is 41.1 Å². The molecule has 1 aromatic rings. The average molecular weight is 319 g/mol. The first-order chi connectivity index (χ1) is 10.9. The highest BCUT2D eigenvalue weighted by Gasteiger charge is 2.32. The van der Waals surface area contributed by atoms with Gasteiger partial charge in [-0.1, -0.05) is 19.1 Å². The molecule has 5 heteroatoms. The number of carbonyl (C=O) groups excluding carboxylic acids is 1. The number of carboxylic acid groups (broad SMARTS) is 1. The van der Waals surface area contributed by atoms with Gasteiger partial charge in [-0.05, 0) is 43.9 Å². The largest absolute Gasteiger partial charge is 0.491 e. The summed E-state index contributed by atoms with van der Waals surface area (Å²) in [5.41, 5.74) is 0.918. The highest BCUT2D eigenvalue weighted by Crippen LogP contribution is 2.24. The molecule has 1 heterocycles. The van der Waals surface area contributed by atoms with Gasteiger partial charge >= 0.3 is 5.97 Å². The molecule has 1 saturated heterocycles. The first kappa shape index (κ1) is 17.3. The van der Waals surface area contributed by atoms with Crippen LogP contribution in [0.25, 0.3) is 0 Å². The van der Waals surface area contributed by atoms with E-state index in [9.17, 15) is 9.59 Å². The Morgan fingerprint density at radius 2 is 2.13 bits per heavy atom. The number of piperidine rings is 1. The Balaban J connectivity index is 1.96. The molecule has 0 bridgehead atoms. The molecule has 0 radical (unpaired) electrons. The van der Waals surface area contributed by atoms with Crippen LogP contribution in [0.2, 0.25) is 0 Å². The van der Waals surface area contributed by atoms with E-state index in [1.807, 2.05) is 45.0 Å². The van der Waals surface area contributed by atoms with Gasteiger partial charge in [-0.15, -0.1) is 0 Å². The third-order valence-electron chi connectivity index (χ3n) is 4.20. The van der Waals surface area contributed by atoms with E-state index >= 15 is 0 Å². The van der Waals surface area contributed by atoms with Crippen LogP contribution in [0.15, 0.2) is 24.3 Å². The number of carbonyl (C=O) groups is 2. The predicted molar refractivity (Wildman–Crippen MR) is 87.4 cm³/mol. The molecule has 5 nitrogen and oxygen atoms in total. The Kier molecular flexibility index (Phi) is 5.64. The van der Waals surface area contributed by atoms with Crippen molar-refractivity contribution in [3.8, 4) is 5.75 Å². The van der Waals surface area contributed by atoms with Crippen molar-refractivity contribution in [1.29, 1.82) is 0 Å². The van der Waals surface area contributed by atoms with Crippen LogP contribution in [0.4, 0.5) is 0 Å². The summed E-state index contributed by atoms with van der Waals surface area (Å²) < 4.78 is 5.65. The predicted octanol–water partition coefficient (Wildman–Crippen LogP) is 2.59. The van der Waals surface area contributed by atoms with E-state index in [4.69, 9.17) is 9.84 Å². The lowest BCUT2D eigenvalue weighted by atomic mass is 9.87. The second-order valence-corrected chi connectivity index (χ2v) is 6.54. The van der Waals surface area contributed by atoms with Gasteiger partial charge in [0, 0.05) is 13.1 Å². The standard InChI is InChI=1S/C18H25NO4/c1-12(2)23-15-6-4-5-14(9-15)10-17(20)19-8-7-16(18(21)22)13(3)11-19/h4-6,9,12-13,16H,7-8,10-11H2,1-3H3,(H,21,22). The van der Waals surface area contributed by atoms with Gasteiger partial charge in [0.15, 0.2) is 0 Å². The van der Waals surface area contributed by atoms with Crippen molar-refractivity contribution < 1.29 is 19.4 Å². The van der Waals surface area contributed by atoms with Crippen molar-refractivity contribution in [2.24, 2.45) is 11.8 Å². The topological polar surface area (TPSA) is 66.8 Å². The maximum absolute atomic E-state index is 12.5. The zero-order valence-corrected chi connectivity index (χ0v) is 14.0. The Morgan fingerprint density at radius 1 is 1.39 bits per heavy atom. The molecule has 23 heavy (non-hydrogen) atoms. The van der Waals surface area contributed by atoms with Crippen LogP contribution in [0.3, 0.4) is 0 Å². The molecule has 2 rings (SSSR count). The Bertz CT molecular complexity index is 570. The number of amides is 1. The summed E-state index contributed by atoms with van der Waals surface area (Å²) in [6, 6.07) is 7.58. The van der Waals surface area contributed by atoms with Crippen LogP contribution < -0.4 is 4.74 Å². The molecule has 0 aliphatic carbocycles. The highest BCUT2D eigenvalue weighted by molar-refractivity contribution is 5.79. The van der Waals surface area contributed by atoms with Gasteiger partial charge in [0.25, 0.3) is 0 Å². The van der Waals surface area contributed by atoms with Crippen LogP contribution in [-0.2, 0) is 16.0 Å². The summed E-state index contributed by atoms with van der Waals surface area (Å²) in [5, 5.41) is 9.15. The molecule has 0 spiro atoms. The van der Waals surface area contributed by atoms with Crippen LogP contribution >= 0.6 is 0 Å². The van der Waals surface area contributed by atoms with Crippen LogP contribution in [0.1, 0.15) is 32.8 Å². The van der Waals surface area contributed by atoms with E-state index in [1.165, 1.54) is 0 Å². The molecule has 2 atom stereocenters. The summed E-state index contributed by atoms with van der Waals surface area (Å²) >= 11 is 0. The molecule has 2 unspecified atom stereocenters. The molecule has 1 N–H and O–H groups in total. The minimum atomic E-state index is -0.761. The number of carboxylic acids is 1. The fourth-order valence-electron chi connectivity index (χ4n) is 3.03. The molecule has 0 saturated carbocycles. The number of benzene rings is 1. The lowest BCUT2D eigenvalue weighted by molar-refractivity contribution is -0.148. The van der Waals surface area contributed by atoms with Crippen molar-refractivity contribution in [3.63, 3.8) is 0 Å². The molecular formula is C18H25NO4. The lowest BCUT2D eigenvalue weighted by Gasteiger charge is -2.35. The van der Waals surface area contributed by atoms with Gasteiger partial charge in [-0.25, -0.2) is 0 Å². The van der Waals surface area contributed by atoms with Gasteiger partial charge in [0.1, 0.15) is 5.75 Å². The Labute approximate surface area is 137 Å². The molecule has 0 aromatic heterocycles. The van der Waals surface area contributed by atoms with Crippen LogP contribution in [0.5, 0.6) is 5.75 Å². The SMILES string of the molecule is CC(C)Oc1cccc(CC(=O)N2CCC(C(=O)O)C(C)C2)c1. The summed E-state index contributed by atoms with van der Waals surface area (Å²) in [7, 11) is 0. The van der Waals surface area contributed by atoms with Crippen molar-refractivity contribution in [2.75, 3.05) is 13.1 Å². The monoisotopic (exact) mass is 319 g/mol. The second-order valence-electron chi connectivity index (χ2n) is 6.54. The van der Waals surface area contributed by atoms with E-state index in [2.05, 4.69) is 0 Å². The van der Waals surface area contributed by atoms with E-state index in [1.54, 1.807) is 4.90 Å². The molecule has 126 valence electrons. The highest BCUT2D eigenvalue weighted by atomic mass is 16.5. The number of nitrogens with zero attached hydrogens (tertiary/aromatic N) is 1. The van der Waals surface area contributed by atoms with Crippen molar-refractivity contribution >= 4 is 11.9 Å². The summed E-state index contributed by atoms with van der Waals surface area (Å²) in [6.07, 6.45) is 0.940. The van der Waals surface area contributed by atoms with E-state index in [-0.39, 0.29) is 23.8 Å². The van der Waals surface area contributed by atoms with Crippen LogP contribution in [0, 0.1) is 11.8 Å². The van der Waals surface area contributed by atoms with Crippen molar-refractivity contribution in [2.45, 2.75) is 39.7 Å². The number of ether oxygens (including phenoxy) is 1. The molecule has 1 aliphatic heterocycles. The number of hydrogen-bond acceptors (Lipinski definition) is 3. The Hall–Kier alpha value is -2.04. The van der Waals surface area contributed by atoms with Gasteiger partial charge < -0.3 is 14.7 Å². The van der Waals surface area contributed by atoms with Crippen molar-refractivity contribution in [1.82, 2.24) is 4.90 Å². The quantitative estimate of drug-likeness (QED) is 0.906. The normalized spacial score (nSPS) is 21.3. The second kappa shape index (κ2) is 7.49. The molecule has 1 aliphatic rings. The smallest absolute Gasteiger partial charge is 0.306 e. The fourth-order valence-corrected chi connectivity index (χ4v) is 3.03. The first-order valence-corrected chi connectivity index (χ1v) is 8.13. The number of rotatable bonds is 5. The summed E-state index contributed by atoms with van der Waals surface area (Å²) in [5.74, 6) is -0.309. The zero-order valence-electron chi connectivity index (χ0n) is 14.0. The number of hydrogen-bond donors (Lipinski definition) is 1. The van der Waals surface area contributed by atoms with E-state index < -0.39 is 5.97 Å². The number of aliphatic carboxylic acids is 1. The summed E-state index contributed by atoms with van der Waals surface area (Å²) in [6.45, 7) is 6.85. The first-order valence-electron chi connectivity index (χ1n) is 8.13. The fraction of sp³-hybridized carbons (Fsp3) is 0.556. The molecule has 1 aromatic carbocycles. The maximum atomic E-state index is 12.5. The Morgan fingerprint density at radius 3 is 2.74 bits per heavy atom. The third-order valence-corrected chi connectivity index (χ3v) is 4.20. The molecule has 1 fully saturated rings. The minimum absolute atomic E-state index is 0.0131. The van der Waals surface area contributed by atoms with E-state index in [0.717, 1.165) is 11.3 Å². The number of likely N-dealkylation sites (tertiary alicyclic amines) is 1. The van der Waals surface area contributed by atoms with Crippen molar-refractivity contribution in [3.05, 3.63) is 29.8 Å². The maximum Gasteiger partial charge on any atom is 0.306 e. The van der Waals surface area contributed by atoms with E-state index in [0.29, 0.717) is 25.9 Å². The van der Waals surface area contributed by atoms with Gasteiger partial charge in [-0.3, -0.25) is 9.59 Å². The average Bonchev–Trinajstić information content (AvgIpc) is 2.46. The zero-order chi connectivity index (χ0) is 17.0. The molecule has 1 amide bonds. The lowest BCUT2D eigenvalue weighted by Crippen LogP contribution is -2.45. The summed E-state index contributed by atoms with van der Waals surface area (Å²) in [4.78, 5) is 25.4. The molecular weight excluding hydrogens is 294 g/mol. The minimum Gasteiger partial charge on any atom is -0.491 e. The van der Waals surface area contributed by atoms with Gasteiger partial charge in [0.2, 0.25) is 5.91 Å². The third kappa shape index (κ3) is 4.71.